The van der Waals surface area contributed by atoms with E-state index >= 15 is 0 Å². The first-order valence-electron chi connectivity index (χ1n) is 5.28. The average molecular weight is 288 g/mol. The van der Waals surface area contributed by atoms with Crippen LogP contribution in [-0.4, -0.2) is 17.6 Å². The maximum absolute atomic E-state index is 11.5. The Bertz CT molecular complexity index is 454. The van der Waals surface area contributed by atoms with Gasteiger partial charge in [-0.1, -0.05) is 17.7 Å². The van der Waals surface area contributed by atoms with E-state index in [9.17, 15) is 4.79 Å². The van der Waals surface area contributed by atoms with Gasteiger partial charge in [-0.2, -0.15) is 0 Å². The molecule has 1 amide bonds. The van der Waals surface area contributed by atoms with E-state index < -0.39 is 0 Å². The standard InChI is InChI=1S/C11H14ClN3O2S/c1-2-17-9-4-3-7(5-8(9)12)6-10(16)14-15-11(13)18/h3-5H,2,6H2,1H3,(H,14,16)(H3,13,15,18). The zero-order valence-electron chi connectivity index (χ0n) is 9.83. The van der Waals surface area contributed by atoms with Gasteiger partial charge in [0.15, 0.2) is 5.11 Å². The summed E-state index contributed by atoms with van der Waals surface area (Å²) < 4.78 is 5.30. The van der Waals surface area contributed by atoms with Crippen molar-refractivity contribution in [1.29, 1.82) is 0 Å². The molecular formula is C11H14ClN3O2S. The Morgan fingerprint density at radius 1 is 1.50 bits per heavy atom. The molecule has 0 aliphatic carbocycles. The molecule has 0 atom stereocenters. The molecule has 0 aliphatic heterocycles. The van der Waals surface area contributed by atoms with Crippen molar-refractivity contribution in [2.75, 3.05) is 6.61 Å². The summed E-state index contributed by atoms with van der Waals surface area (Å²) in [6.07, 6.45) is 0.168. The van der Waals surface area contributed by atoms with Gasteiger partial charge in [0.1, 0.15) is 5.75 Å². The molecule has 0 fully saturated rings. The van der Waals surface area contributed by atoms with Crippen LogP contribution in [0.1, 0.15) is 12.5 Å². The van der Waals surface area contributed by atoms with Crippen LogP contribution in [-0.2, 0) is 11.2 Å². The van der Waals surface area contributed by atoms with Gasteiger partial charge in [-0.15, -0.1) is 0 Å². The quantitative estimate of drug-likeness (QED) is 0.572. The molecule has 0 aliphatic rings. The van der Waals surface area contributed by atoms with Gasteiger partial charge in [0, 0.05) is 0 Å². The first-order valence-corrected chi connectivity index (χ1v) is 6.07. The number of thiocarbonyl (C=S) groups is 1. The summed E-state index contributed by atoms with van der Waals surface area (Å²) in [5, 5.41) is 0.484. The highest BCUT2D eigenvalue weighted by Gasteiger charge is 2.06. The summed E-state index contributed by atoms with van der Waals surface area (Å²) in [5.41, 5.74) is 10.7. The van der Waals surface area contributed by atoms with Crippen LogP contribution in [0.5, 0.6) is 5.75 Å². The molecule has 4 N–H and O–H groups in total. The lowest BCUT2D eigenvalue weighted by atomic mass is 10.1. The normalized spacial score (nSPS) is 9.67. The van der Waals surface area contributed by atoms with Crippen molar-refractivity contribution >= 4 is 34.8 Å². The predicted molar refractivity (Wildman–Crippen MR) is 74.4 cm³/mol. The average Bonchev–Trinajstić information content (AvgIpc) is 2.30. The Morgan fingerprint density at radius 2 is 2.22 bits per heavy atom. The minimum atomic E-state index is -0.261. The van der Waals surface area contributed by atoms with Crippen LogP contribution in [0, 0.1) is 0 Å². The first-order chi connectivity index (χ1) is 8.52. The molecule has 1 rings (SSSR count). The molecule has 0 unspecified atom stereocenters. The summed E-state index contributed by atoms with van der Waals surface area (Å²) >= 11 is 10.6. The highest BCUT2D eigenvalue weighted by molar-refractivity contribution is 7.80. The third-order valence-corrected chi connectivity index (χ3v) is 2.38. The number of benzene rings is 1. The van der Waals surface area contributed by atoms with Crippen LogP contribution in [0.3, 0.4) is 0 Å². The number of nitrogens with two attached hydrogens (primary N) is 1. The highest BCUT2D eigenvalue weighted by atomic mass is 35.5. The van der Waals surface area contributed by atoms with Crippen molar-refractivity contribution < 1.29 is 9.53 Å². The van der Waals surface area contributed by atoms with E-state index in [0.29, 0.717) is 17.4 Å². The van der Waals surface area contributed by atoms with Crippen LogP contribution < -0.4 is 21.3 Å². The van der Waals surface area contributed by atoms with E-state index in [0.717, 1.165) is 5.56 Å². The maximum Gasteiger partial charge on any atom is 0.242 e. The van der Waals surface area contributed by atoms with Crippen LogP contribution in [0.2, 0.25) is 5.02 Å². The third-order valence-electron chi connectivity index (χ3n) is 1.99. The van der Waals surface area contributed by atoms with Crippen molar-refractivity contribution in [3.63, 3.8) is 0 Å². The second kappa shape index (κ2) is 7.03. The van der Waals surface area contributed by atoms with Crippen molar-refractivity contribution in [2.45, 2.75) is 13.3 Å². The number of nitrogens with one attached hydrogen (secondary N) is 2. The Balaban J connectivity index is 2.60. The molecule has 0 saturated heterocycles. The van der Waals surface area contributed by atoms with Crippen molar-refractivity contribution in [1.82, 2.24) is 10.9 Å². The molecule has 98 valence electrons. The lowest BCUT2D eigenvalue weighted by Crippen LogP contribution is -2.44. The SMILES string of the molecule is CCOc1ccc(CC(=O)NNC(N)=S)cc1Cl. The Hall–Kier alpha value is -1.53. The number of rotatable bonds is 4. The van der Waals surface area contributed by atoms with Crippen LogP contribution in [0.15, 0.2) is 18.2 Å². The first kappa shape index (κ1) is 14.5. The number of hydrazine groups is 1. The van der Waals surface area contributed by atoms with E-state index in [-0.39, 0.29) is 17.4 Å². The molecular weight excluding hydrogens is 274 g/mol. The van der Waals surface area contributed by atoms with Gasteiger partial charge in [-0.3, -0.25) is 15.6 Å². The van der Waals surface area contributed by atoms with Crippen LogP contribution in [0.4, 0.5) is 0 Å². The number of amides is 1. The van der Waals surface area contributed by atoms with Gasteiger partial charge < -0.3 is 10.5 Å². The van der Waals surface area contributed by atoms with E-state index in [1.54, 1.807) is 18.2 Å². The summed E-state index contributed by atoms with van der Waals surface area (Å²) in [5.74, 6) is 0.340. The minimum Gasteiger partial charge on any atom is -0.492 e. The lowest BCUT2D eigenvalue weighted by Gasteiger charge is -2.09. The van der Waals surface area contributed by atoms with E-state index in [1.807, 2.05) is 6.92 Å². The summed E-state index contributed by atoms with van der Waals surface area (Å²) in [6.45, 7) is 2.41. The fourth-order valence-electron chi connectivity index (χ4n) is 1.29. The van der Waals surface area contributed by atoms with Crippen molar-refractivity contribution in [3.8, 4) is 5.75 Å². The summed E-state index contributed by atoms with van der Waals surface area (Å²) in [6, 6.07) is 5.19. The summed E-state index contributed by atoms with van der Waals surface area (Å²) in [4.78, 5) is 11.5. The second-order valence-electron chi connectivity index (χ2n) is 3.41. The van der Waals surface area contributed by atoms with Gasteiger partial charge in [0.05, 0.1) is 18.1 Å². The number of carbonyl (C=O) groups is 1. The largest absolute Gasteiger partial charge is 0.492 e. The molecule has 0 heterocycles. The number of carbonyl (C=O) groups excluding carboxylic acids is 1. The fourth-order valence-corrected chi connectivity index (χ4v) is 1.60. The van der Waals surface area contributed by atoms with Gasteiger partial charge in [0.25, 0.3) is 0 Å². The molecule has 18 heavy (non-hydrogen) atoms. The van der Waals surface area contributed by atoms with Crippen LogP contribution >= 0.6 is 23.8 Å². The van der Waals surface area contributed by atoms with Gasteiger partial charge >= 0.3 is 0 Å². The predicted octanol–water partition coefficient (Wildman–Crippen LogP) is 1.15. The number of ether oxygens (including phenoxy) is 1. The zero-order valence-corrected chi connectivity index (χ0v) is 11.4. The number of hydrogen-bond donors (Lipinski definition) is 3. The van der Waals surface area contributed by atoms with Gasteiger partial charge in [-0.05, 0) is 36.8 Å². The maximum atomic E-state index is 11.5. The van der Waals surface area contributed by atoms with Gasteiger partial charge in [-0.25, -0.2) is 0 Å². The molecule has 0 bridgehead atoms. The van der Waals surface area contributed by atoms with E-state index in [1.165, 1.54) is 0 Å². The fraction of sp³-hybridized carbons (Fsp3) is 0.273. The molecule has 0 saturated carbocycles. The number of halogens is 1. The Labute approximate surface area is 116 Å². The van der Waals surface area contributed by atoms with Crippen molar-refractivity contribution in [2.24, 2.45) is 5.73 Å². The highest BCUT2D eigenvalue weighted by Crippen LogP contribution is 2.25. The van der Waals surface area contributed by atoms with E-state index in [4.69, 9.17) is 22.1 Å². The Morgan fingerprint density at radius 3 is 2.78 bits per heavy atom. The monoisotopic (exact) mass is 287 g/mol. The Kier molecular flexibility index (Phi) is 5.67. The molecule has 7 heteroatoms. The second-order valence-corrected chi connectivity index (χ2v) is 4.26. The third kappa shape index (κ3) is 4.77. The number of hydrogen-bond acceptors (Lipinski definition) is 3. The van der Waals surface area contributed by atoms with E-state index in [2.05, 4.69) is 23.1 Å². The molecule has 0 aromatic heterocycles. The molecule has 0 spiro atoms. The summed E-state index contributed by atoms with van der Waals surface area (Å²) in [7, 11) is 0. The smallest absolute Gasteiger partial charge is 0.242 e. The van der Waals surface area contributed by atoms with Crippen molar-refractivity contribution in [3.05, 3.63) is 28.8 Å². The topological polar surface area (TPSA) is 76.4 Å². The molecule has 5 nitrogen and oxygen atoms in total. The zero-order chi connectivity index (χ0) is 13.5. The molecule has 0 radical (unpaired) electrons. The molecule has 1 aromatic carbocycles. The van der Waals surface area contributed by atoms with Crippen LogP contribution in [0.25, 0.3) is 0 Å². The van der Waals surface area contributed by atoms with Gasteiger partial charge in [0.2, 0.25) is 5.91 Å². The minimum absolute atomic E-state index is 0.00748. The molecule has 1 aromatic rings. The lowest BCUT2D eigenvalue weighted by molar-refractivity contribution is -0.121.